The van der Waals surface area contributed by atoms with Crippen molar-refractivity contribution < 1.29 is 14.5 Å². The molecule has 0 aliphatic heterocycles. The molecule has 0 unspecified atom stereocenters. The number of benzene rings is 3. The summed E-state index contributed by atoms with van der Waals surface area (Å²) in [6.45, 7) is 0.128. The molecule has 0 saturated heterocycles. The number of halogens is 1. The molecule has 3 aromatic rings. The van der Waals surface area contributed by atoms with Gasteiger partial charge < -0.3 is 10.1 Å². The summed E-state index contributed by atoms with van der Waals surface area (Å²) in [6, 6.07) is 20.2. The zero-order valence-electron chi connectivity index (χ0n) is 14.1. The van der Waals surface area contributed by atoms with E-state index in [-0.39, 0.29) is 29.0 Å². The van der Waals surface area contributed by atoms with Crippen LogP contribution < -0.4 is 10.1 Å². The third-order valence-electron chi connectivity index (χ3n) is 3.76. The minimum atomic E-state index is -0.543. The Morgan fingerprint density at radius 1 is 1.04 bits per heavy atom. The van der Waals surface area contributed by atoms with Crippen molar-refractivity contribution in [3.63, 3.8) is 0 Å². The van der Waals surface area contributed by atoms with Crippen molar-refractivity contribution in [3.8, 4) is 5.75 Å². The average Bonchev–Trinajstić information content (AvgIpc) is 2.68. The molecule has 0 saturated carbocycles. The van der Waals surface area contributed by atoms with Crippen LogP contribution in [0.2, 0.25) is 5.02 Å². The lowest BCUT2D eigenvalue weighted by molar-refractivity contribution is -0.385. The summed E-state index contributed by atoms with van der Waals surface area (Å²) in [5.41, 5.74) is 1.79. The topological polar surface area (TPSA) is 81.5 Å². The van der Waals surface area contributed by atoms with Gasteiger partial charge in [0.05, 0.1) is 4.92 Å². The number of rotatable bonds is 6. The SMILES string of the molecule is O=C(Nc1ccccc1)c1ccc(COc2ccc(Cl)cc2[N+](=O)[O-])cc1. The molecule has 7 heteroatoms. The largest absolute Gasteiger partial charge is 0.482 e. The van der Waals surface area contributed by atoms with Crippen LogP contribution in [-0.4, -0.2) is 10.8 Å². The highest BCUT2D eigenvalue weighted by atomic mass is 35.5. The molecule has 0 aliphatic rings. The van der Waals surface area contributed by atoms with E-state index >= 15 is 0 Å². The lowest BCUT2D eigenvalue weighted by atomic mass is 10.1. The van der Waals surface area contributed by atoms with Crippen LogP contribution in [0.15, 0.2) is 72.8 Å². The number of ether oxygens (including phenoxy) is 1. The number of para-hydroxylation sites is 1. The van der Waals surface area contributed by atoms with Gasteiger partial charge in [-0.2, -0.15) is 0 Å². The predicted octanol–water partition coefficient (Wildman–Crippen LogP) is 5.08. The zero-order valence-corrected chi connectivity index (χ0v) is 14.8. The van der Waals surface area contributed by atoms with Crippen molar-refractivity contribution in [1.29, 1.82) is 0 Å². The molecule has 0 radical (unpaired) electrons. The summed E-state index contributed by atoms with van der Waals surface area (Å²) in [5.74, 6) is -0.0858. The van der Waals surface area contributed by atoms with Crippen LogP contribution >= 0.6 is 11.6 Å². The molecule has 0 bridgehead atoms. The Bertz CT molecular complexity index is 959. The second-order valence-electron chi connectivity index (χ2n) is 5.67. The van der Waals surface area contributed by atoms with Crippen molar-refractivity contribution in [1.82, 2.24) is 0 Å². The van der Waals surface area contributed by atoms with Crippen molar-refractivity contribution in [3.05, 3.63) is 99.1 Å². The van der Waals surface area contributed by atoms with Gasteiger partial charge in [-0.15, -0.1) is 0 Å². The van der Waals surface area contributed by atoms with Crippen molar-refractivity contribution in [2.45, 2.75) is 6.61 Å². The summed E-state index contributed by atoms with van der Waals surface area (Å²) >= 11 is 5.79. The molecule has 0 fully saturated rings. The third-order valence-corrected chi connectivity index (χ3v) is 3.99. The monoisotopic (exact) mass is 382 g/mol. The minimum absolute atomic E-state index is 0.128. The van der Waals surface area contributed by atoms with Gasteiger partial charge in [-0.25, -0.2) is 0 Å². The van der Waals surface area contributed by atoms with Gasteiger partial charge in [0.25, 0.3) is 5.91 Å². The number of nitro benzene ring substituents is 1. The summed E-state index contributed by atoms with van der Waals surface area (Å²) in [6.07, 6.45) is 0. The van der Waals surface area contributed by atoms with Gasteiger partial charge in [0.2, 0.25) is 0 Å². The van der Waals surface area contributed by atoms with E-state index in [4.69, 9.17) is 16.3 Å². The van der Waals surface area contributed by atoms with Crippen molar-refractivity contribution >= 4 is 28.9 Å². The van der Waals surface area contributed by atoms with Gasteiger partial charge in [-0.1, -0.05) is 41.9 Å². The molecule has 27 heavy (non-hydrogen) atoms. The second-order valence-corrected chi connectivity index (χ2v) is 6.11. The molecule has 0 spiro atoms. The van der Waals surface area contributed by atoms with Gasteiger partial charge in [-0.05, 0) is 42.0 Å². The number of anilines is 1. The highest BCUT2D eigenvalue weighted by molar-refractivity contribution is 6.30. The molecule has 136 valence electrons. The molecule has 0 heterocycles. The maximum absolute atomic E-state index is 12.2. The zero-order chi connectivity index (χ0) is 19.2. The Hall–Kier alpha value is -3.38. The number of nitrogens with zero attached hydrogens (tertiary/aromatic N) is 1. The molecule has 3 rings (SSSR count). The Balaban J connectivity index is 1.65. The standard InChI is InChI=1S/C20H15ClN2O4/c21-16-10-11-19(18(12-16)23(25)26)27-13-14-6-8-15(9-7-14)20(24)22-17-4-2-1-3-5-17/h1-12H,13H2,(H,22,24). The van der Waals surface area contributed by atoms with Gasteiger partial charge in [0.15, 0.2) is 5.75 Å². The molecular formula is C20H15ClN2O4. The first-order valence-electron chi connectivity index (χ1n) is 8.05. The molecule has 3 aromatic carbocycles. The normalized spacial score (nSPS) is 10.3. The Morgan fingerprint density at radius 2 is 1.74 bits per heavy atom. The van der Waals surface area contributed by atoms with Crippen molar-refractivity contribution in [2.75, 3.05) is 5.32 Å². The van der Waals surface area contributed by atoms with Gasteiger partial charge in [0.1, 0.15) is 6.61 Å². The second kappa shape index (κ2) is 8.33. The quantitative estimate of drug-likeness (QED) is 0.476. The number of amides is 1. The maximum atomic E-state index is 12.2. The lowest BCUT2D eigenvalue weighted by Gasteiger charge is -2.08. The molecule has 6 nitrogen and oxygen atoms in total. The molecular weight excluding hydrogens is 368 g/mol. The first-order chi connectivity index (χ1) is 13.0. The van der Waals surface area contributed by atoms with E-state index in [0.29, 0.717) is 11.3 Å². The summed E-state index contributed by atoms with van der Waals surface area (Å²) in [4.78, 5) is 22.8. The van der Waals surface area contributed by atoms with E-state index in [1.54, 1.807) is 36.4 Å². The van der Waals surface area contributed by atoms with Crippen LogP contribution in [0.5, 0.6) is 5.75 Å². The molecule has 0 atom stereocenters. The van der Waals surface area contributed by atoms with Crippen LogP contribution in [-0.2, 0) is 6.61 Å². The minimum Gasteiger partial charge on any atom is -0.482 e. The van der Waals surface area contributed by atoms with E-state index in [2.05, 4.69) is 5.32 Å². The molecule has 1 amide bonds. The number of nitrogens with one attached hydrogen (secondary N) is 1. The third kappa shape index (κ3) is 4.83. The van der Waals surface area contributed by atoms with Crippen LogP contribution in [0.1, 0.15) is 15.9 Å². The van der Waals surface area contributed by atoms with Crippen LogP contribution in [0.25, 0.3) is 0 Å². The van der Waals surface area contributed by atoms with Gasteiger partial charge >= 0.3 is 5.69 Å². The number of carbonyl (C=O) groups excluding carboxylic acids is 1. The number of hydrogen-bond donors (Lipinski definition) is 1. The highest BCUT2D eigenvalue weighted by Crippen LogP contribution is 2.30. The lowest BCUT2D eigenvalue weighted by Crippen LogP contribution is -2.11. The van der Waals surface area contributed by atoms with Gasteiger partial charge in [0, 0.05) is 22.3 Å². The van der Waals surface area contributed by atoms with Crippen LogP contribution in [0.3, 0.4) is 0 Å². The highest BCUT2D eigenvalue weighted by Gasteiger charge is 2.16. The van der Waals surface area contributed by atoms with Crippen LogP contribution in [0.4, 0.5) is 11.4 Å². The smallest absolute Gasteiger partial charge is 0.312 e. The maximum Gasteiger partial charge on any atom is 0.312 e. The Morgan fingerprint density at radius 3 is 2.41 bits per heavy atom. The average molecular weight is 383 g/mol. The molecule has 1 N–H and O–H groups in total. The molecule has 0 aliphatic carbocycles. The first kappa shape index (κ1) is 18.4. The van der Waals surface area contributed by atoms with Crippen LogP contribution in [0, 0.1) is 10.1 Å². The van der Waals surface area contributed by atoms with E-state index in [0.717, 1.165) is 5.56 Å². The summed E-state index contributed by atoms with van der Waals surface area (Å²) in [5, 5.41) is 14.1. The summed E-state index contributed by atoms with van der Waals surface area (Å²) in [7, 11) is 0. The Labute approximate surface area is 160 Å². The van der Waals surface area contributed by atoms with Gasteiger partial charge in [-0.3, -0.25) is 14.9 Å². The van der Waals surface area contributed by atoms with Crippen molar-refractivity contribution in [2.24, 2.45) is 0 Å². The number of carbonyl (C=O) groups is 1. The first-order valence-corrected chi connectivity index (χ1v) is 8.43. The van der Waals surface area contributed by atoms with E-state index in [1.807, 2.05) is 18.2 Å². The number of hydrogen-bond acceptors (Lipinski definition) is 4. The summed E-state index contributed by atoms with van der Waals surface area (Å²) < 4.78 is 5.53. The Kier molecular flexibility index (Phi) is 5.68. The fourth-order valence-corrected chi connectivity index (χ4v) is 2.56. The van der Waals surface area contributed by atoms with E-state index in [1.165, 1.54) is 18.2 Å². The fraction of sp³-hybridized carbons (Fsp3) is 0.0500. The fourth-order valence-electron chi connectivity index (χ4n) is 2.39. The molecule has 0 aromatic heterocycles. The van der Waals surface area contributed by atoms with E-state index < -0.39 is 4.92 Å². The number of nitro groups is 1. The van der Waals surface area contributed by atoms with E-state index in [9.17, 15) is 14.9 Å². The predicted molar refractivity (Wildman–Crippen MR) is 103 cm³/mol.